The van der Waals surface area contributed by atoms with Gasteiger partial charge in [-0.15, -0.1) is 11.6 Å². The van der Waals surface area contributed by atoms with E-state index in [9.17, 15) is 0 Å². The van der Waals surface area contributed by atoms with Crippen molar-refractivity contribution in [2.45, 2.75) is 12.3 Å². The van der Waals surface area contributed by atoms with Gasteiger partial charge in [-0.05, 0) is 17.7 Å². The van der Waals surface area contributed by atoms with E-state index in [-0.39, 0.29) is 0 Å². The summed E-state index contributed by atoms with van der Waals surface area (Å²) in [6.45, 7) is 0. The second kappa shape index (κ2) is 4.69. The van der Waals surface area contributed by atoms with E-state index in [0.29, 0.717) is 24.0 Å². The topological polar surface area (TPSA) is 26.0 Å². The molecule has 1 aromatic heterocycles. The normalized spacial score (nSPS) is 10.5. The predicted molar refractivity (Wildman–Crippen MR) is 60.3 cm³/mol. The summed E-state index contributed by atoms with van der Waals surface area (Å²) in [5.74, 6) is 1.72. The van der Waals surface area contributed by atoms with Crippen molar-refractivity contribution < 1.29 is 4.42 Å². The lowest BCUT2D eigenvalue weighted by molar-refractivity contribution is 0.478. The Hall–Kier alpha value is -0.990. The molecule has 0 unspecified atom stereocenters. The number of aromatic nitrogens is 1. The van der Waals surface area contributed by atoms with Gasteiger partial charge in [0.15, 0.2) is 5.89 Å². The first-order chi connectivity index (χ1) is 7.28. The fourth-order valence-electron chi connectivity index (χ4n) is 1.27. The van der Waals surface area contributed by atoms with Crippen molar-refractivity contribution in [1.82, 2.24) is 4.98 Å². The van der Waals surface area contributed by atoms with Crippen LogP contribution in [0.25, 0.3) is 0 Å². The number of hydrogen-bond donors (Lipinski definition) is 0. The van der Waals surface area contributed by atoms with Crippen molar-refractivity contribution in [2.75, 3.05) is 0 Å². The van der Waals surface area contributed by atoms with Crippen molar-refractivity contribution in [1.29, 1.82) is 0 Å². The lowest BCUT2D eigenvalue weighted by Gasteiger charge is -1.97. The Morgan fingerprint density at radius 2 is 1.93 bits per heavy atom. The lowest BCUT2D eigenvalue weighted by atomic mass is 10.1. The molecule has 1 heterocycles. The molecule has 0 saturated heterocycles. The van der Waals surface area contributed by atoms with E-state index in [2.05, 4.69) is 4.98 Å². The van der Waals surface area contributed by atoms with Gasteiger partial charge in [-0.1, -0.05) is 23.7 Å². The molecule has 78 valence electrons. The summed E-state index contributed by atoms with van der Waals surface area (Å²) in [4.78, 5) is 4.12. The van der Waals surface area contributed by atoms with Crippen LogP contribution in [0.4, 0.5) is 0 Å². The first kappa shape index (κ1) is 10.5. The predicted octanol–water partition coefficient (Wildman–Crippen LogP) is 3.66. The molecule has 0 aliphatic carbocycles. The van der Waals surface area contributed by atoms with Crippen molar-refractivity contribution in [3.8, 4) is 0 Å². The molecule has 0 amide bonds. The zero-order valence-electron chi connectivity index (χ0n) is 7.91. The summed E-state index contributed by atoms with van der Waals surface area (Å²) < 4.78 is 5.39. The highest BCUT2D eigenvalue weighted by molar-refractivity contribution is 6.30. The average Bonchev–Trinajstić information content (AvgIpc) is 2.69. The minimum absolute atomic E-state index is 0.355. The van der Waals surface area contributed by atoms with Crippen LogP contribution in [0.1, 0.15) is 17.2 Å². The van der Waals surface area contributed by atoms with Crippen LogP contribution in [0.5, 0.6) is 0 Å². The maximum absolute atomic E-state index is 5.78. The molecule has 0 bridgehead atoms. The molecule has 0 fully saturated rings. The van der Waals surface area contributed by atoms with Gasteiger partial charge in [-0.3, -0.25) is 0 Å². The first-order valence-electron chi connectivity index (χ1n) is 4.52. The Bertz CT molecular complexity index is 436. The van der Waals surface area contributed by atoms with Gasteiger partial charge >= 0.3 is 0 Å². The molecule has 2 aromatic rings. The highest BCUT2D eigenvalue weighted by Gasteiger charge is 2.03. The molecule has 0 N–H and O–H groups in total. The van der Waals surface area contributed by atoms with Gasteiger partial charge in [-0.2, -0.15) is 0 Å². The van der Waals surface area contributed by atoms with Gasteiger partial charge in [0.2, 0.25) is 0 Å². The molecule has 0 saturated carbocycles. The number of benzene rings is 1. The number of nitrogens with zero attached hydrogens (tertiary/aromatic N) is 1. The number of hydrogen-bond acceptors (Lipinski definition) is 2. The van der Waals surface area contributed by atoms with Crippen LogP contribution in [0.3, 0.4) is 0 Å². The molecule has 4 heteroatoms. The molecule has 0 aliphatic rings. The molecule has 1 aromatic carbocycles. The van der Waals surface area contributed by atoms with E-state index in [0.717, 1.165) is 10.6 Å². The molecular weight excluding hydrogens is 233 g/mol. The summed E-state index contributed by atoms with van der Waals surface area (Å²) in [6, 6.07) is 7.60. The summed E-state index contributed by atoms with van der Waals surface area (Å²) in [5, 5.41) is 0.729. The second-order valence-corrected chi connectivity index (χ2v) is 3.86. The number of alkyl halides is 1. The van der Waals surface area contributed by atoms with Crippen LogP contribution in [0.15, 0.2) is 34.9 Å². The highest BCUT2D eigenvalue weighted by Crippen LogP contribution is 2.14. The smallest absolute Gasteiger partial charge is 0.198 e. The van der Waals surface area contributed by atoms with Crippen molar-refractivity contribution in [2.24, 2.45) is 0 Å². The zero-order valence-corrected chi connectivity index (χ0v) is 9.42. The fraction of sp³-hybridized carbons (Fsp3) is 0.182. The summed E-state index contributed by atoms with van der Waals surface area (Å²) in [7, 11) is 0. The van der Waals surface area contributed by atoms with E-state index in [4.69, 9.17) is 27.6 Å². The minimum Gasteiger partial charge on any atom is -0.444 e. The van der Waals surface area contributed by atoms with Crippen molar-refractivity contribution >= 4 is 23.2 Å². The van der Waals surface area contributed by atoms with Gasteiger partial charge in [0.25, 0.3) is 0 Å². The fourth-order valence-corrected chi connectivity index (χ4v) is 1.52. The molecule has 0 radical (unpaired) electrons. The number of oxazole rings is 1. The Labute approximate surface area is 97.8 Å². The monoisotopic (exact) mass is 241 g/mol. The summed E-state index contributed by atoms with van der Waals surface area (Å²) in [6.07, 6.45) is 2.31. The van der Waals surface area contributed by atoms with Gasteiger partial charge < -0.3 is 4.42 Å². The van der Waals surface area contributed by atoms with Gasteiger partial charge in [-0.25, -0.2) is 4.98 Å². The number of halogens is 2. The summed E-state index contributed by atoms with van der Waals surface area (Å²) >= 11 is 11.4. The van der Waals surface area contributed by atoms with E-state index < -0.39 is 0 Å². The number of rotatable bonds is 3. The maximum Gasteiger partial charge on any atom is 0.198 e. The van der Waals surface area contributed by atoms with Crippen LogP contribution in [-0.2, 0) is 12.3 Å². The Morgan fingerprint density at radius 3 is 2.53 bits per heavy atom. The third-order valence-corrected chi connectivity index (χ3v) is 2.52. The lowest BCUT2D eigenvalue weighted by Crippen LogP contribution is -1.86. The second-order valence-electron chi connectivity index (χ2n) is 3.16. The Balaban J connectivity index is 2.11. The molecule has 0 spiro atoms. The van der Waals surface area contributed by atoms with Gasteiger partial charge in [0.05, 0.1) is 12.1 Å². The van der Waals surface area contributed by atoms with E-state index in [1.54, 1.807) is 6.20 Å². The SMILES string of the molecule is ClCc1cnc(Cc2ccc(Cl)cc2)o1. The van der Waals surface area contributed by atoms with Crippen LogP contribution in [0, 0.1) is 0 Å². The van der Waals surface area contributed by atoms with Crippen LogP contribution in [0.2, 0.25) is 5.02 Å². The molecular formula is C11H9Cl2NO. The molecule has 15 heavy (non-hydrogen) atoms. The minimum atomic E-state index is 0.355. The van der Waals surface area contributed by atoms with Gasteiger partial charge in [0, 0.05) is 11.4 Å². The molecule has 2 nitrogen and oxygen atoms in total. The average molecular weight is 242 g/mol. The zero-order chi connectivity index (χ0) is 10.7. The molecule has 0 aliphatic heterocycles. The standard InChI is InChI=1S/C11H9Cl2NO/c12-6-10-7-14-11(15-10)5-8-1-3-9(13)4-2-8/h1-4,7H,5-6H2. The van der Waals surface area contributed by atoms with E-state index >= 15 is 0 Å². The van der Waals surface area contributed by atoms with Crippen LogP contribution in [-0.4, -0.2) is 4.98 Å². The van der Waals surface area contributed by atoms with E-state index in [1.807, 2.05) is 24.3 Å². The highest BCUT2D eigenvalue weighted by atomic mass is 35.5. The largest absolute Gasteiger partial charge is 0.444 e. The summed E-state index contributed by atoms with van der Waals surface area (Å²) in [5.41, 5.74) is 1.11. The van der Waals surface area contributed by atoms with E-state index in [1.165, 1.54) is 0 Å². The first-order valence-corrected chi connectivity index (χ1v) is 5.43. The van der Waals surface area contributed by atoms with Gasteiger partial charge in [0.1, 0.15) is 5.76 Å². The van der Waals surface area contributed by atoms with Crippen molar-refractivity contribution in [3.05, 3.63) is 52.7 Å². The quantitative estimate of drug-likeness (QED) is 0.767. The third-order valence-electron chi connectivity index (χ3n) is 2.00. The van der Waals surface area contributed by atoms with Crippen LogP contribution >= 0.6 is 23.2 Å². The molecule has 2 rings (SSSR count). The van der Waals surface area contributed by atoms with Crippen LogP contribution < -0.4 is 0 Å². The maximum atomic E-state index is 5.78. The Kier molecular flexibility index (Phi) is 3.29. The third kappa shape index (κ3) is 2.74. The van der Waals surface area contributed by atoms with Crippen molar-refractivity contribution in [3.63, 3.8) is 0 Å². The molecule has 0 atom stereocenters. The Morgan fingerprint density at radius 1 is 1.20 bits per heavy atom.